The minimum absolute atomic E-state index is 0.350. The Morgan fingerprint density at radius 2 is 2.14 bits per heavy atom. The first-order valence-electron chi connectivity index (χ1n) is 4.34. The molecule has 0 aromatic heterocycles. The van der Waals surface area contributed by atoms with Gasteiger partial charge in [0.25, 0.3) is 0 Å². The molecule has 0 N–H and O–H groups in total. The average molecular weight is 191 g/mol. The van der Waals surface area contributed by atoms with Crippen LogP contribution < -0.4 is 4.74 Å². The van der Waals surface area contributed by atoms with Gasteiger partial charge in [0.05, 0.1) is 26.2 Å². The number of benzene rings is 1. The van der Waals surface area contributed by atoms with Crippen molar-refractivity contribution in [3.05, 3.63) is 29.3 Å². The molecular formula is C11H13NO2. The lowest BCUT2D eigenvalue weighted by molar-refractivity contribution is 0.184. The third-order valence-electron chi connectivity index (χ3n) is 2.01. The van der Waals surface area contributed by atoms with Crippen LogP contribution in [0.2, 0.25) is 0 Å². The molecule has 0 aliphatic carbocycles. The smallest absolute Gasteiger partial charge is 0.123 e. The third kappa shape index (κ3) is 2.24. The molecule has 1 aromatic carbocycles. The number of hydrogen-bond donors (Lipinski definition) is 0. The van der Waals surface area contributed by atoms with Crippen LogP contribution >= 0.6 is 0 Å². The van der Waals surface area contributed by atoms with Crippen molar-refractivity contribution < 1.29 is 9.47 Å². The highest BCUT2D eigenvalue weighted by atomic mass is 16.5. The van der Waals surface area contributed by atoms with Crippen molar-refractivity contribution in [2.24, 2.45) is 0 Å². The van der Waals surface area contributed by atoms with E-state index >= 15 is 0 Å². The first-order chi connectivity index (χ1) is 6.83. The number of ether oxygens (including phenoxy) is 2. The van der Waals surface area contributed by atoms with E-state index in [0.29, 0.717) is 13.0 Å². The fourth-order valence-corrected chi connectivity index (χ4v) is 1.37. The summed E-state index contributed by atoms with van der Waals surface area (Å²) in [7, 11) is 3.24. The van der Waals surface area contributed by atoms with Crippen molar-refractivity contribution in [1.82, 2.24) is 0 Å². The fourth-order valence-electron chi connectivity index (χ4n) is 1.37. The zero-order valence-corrected chi connectivity index (χ0v) is 8.41. The van der Waals surface area contributed by atoms with Gasteiger partial charge < -0.3 is 9.47 Å². The lowest BCUT2D eigenvalue weighted by Gasteiger charge is -2.10. The number of rotatable bonds is 4. The minimum Gasteiger partial charge on any atom is -0.496 e. The van der Waals surface area contributed by atoms with Crippen molar-refractivity contribution in [2.45, 2.75) is 13.0 Å². The van der Waals surface area contributed by atoms with Crippen LogP contribution in [0.4, 0.5) is 0 Å². The predicted octanol–water partition coefficient (Wildman–Crippen LogP) is 1.91. The highest BCUT2D eigenvalue weighted by molar-refractivity contribution is 5.41. The fraction of sp³-hybridized carbons (Fsp3) is 0.364. The van der Waals surface area contributed by atoms with Crippen LogP contribution in [-0.2, 0) is 17.8 Å². The van der Waals surface area contributed by atoms with Crippen LogP contribution in [0.1, 0.15) is 11.1 Å². The first-order valence-corrected chi connectivity index (χ1v) is 4.34. The molecule has 1 aromatic rings. The molecule has 3 nitrogen and oxygen atoms in total. The van der Waals surface area contributed by atoms with Crippen LogP contribution in [0.3, 0.4) is 0 Å². The second-order valence-corrected chi connectivity index (χ2v) is 2.87. The van der Waals surface area contributed by atoms with Gasteiger partial charge in [-0.1, -0.05) is 12.1 Å². The summed E-state index contributed by atoms with van der Waals surface area (Å²) in [4.78, 5) is 0. The summed E-state index contributed by atoms with van der Waals surface area (Å²) in [5.74, 6) is 0.751. The summed E-state index contributed by atoms with van der Waals surface area (Å²) >= 11 is 0. The second-order valence-electron chi connectivity index (χ2n) is 2.87. The van der Waals surface area contributed by atoms with Crippen molar-refractivity contribution in [3.63, 3.8) is 0 Å². The summed E-state index contributed by atoms with van der Waals surface area (Å²) in [5.41, 5.74) is 1.92. The Kier molecular flexibility index (Phi) is 3.96. The highest BCUT2D eigenvalue weighted by Crippen LogP contribution is 2.23. The number of hydrogen-bond acceptors (Lipinski definition) is 3. The number of methoxy groups -OCH3 is 2. The average Bonchev–Trinajstić information content (AvgIpc) is 2.21. The Bertz CT molecular complexity index is 342. The van der Waals surface area contributed by atoms with Crippen LogP contribution in [0, 0.1) is 11.3 Å². The van der Waals surface area contributed by atoms with Crippen molar-refractivity contribution in [1.29, 1.82) is 5.26 Å². The molecule has 0 aliphatic heterocycles. The molecule has 74 valence electrons. The van der Waals surface area contributed by atoms with E-state index in [4.69, 9.17) is 14.7 Å². The maximum Gasteiger partial charge on any atom is 0.123 e. The van der Waals surface area contributed by atoms with Gasteiger partial charge in [-0.15, -0.1) is 0 Å². The Morgan fingerprint density at radius 1 is 1.36 bits per heavy atom. The second kappa shape index (κ2) is 5.25. The monoisotopic (exact) mass is 191 g/mol. The quantitative estimate of drug-likeness (QED) is 0.730. The summed E-state index contributed by atoms with van der Waals surface area (Å²) in [6.45, 7) is 0.508. The van der Waals surface area contributed by atoms with E-state index in [2.05, 4.69) is 6.07 Å². The van der Waals surface area contributed by atoms with Gasteiger partial charge in [-0.25, -0.2) is 0 Å². The minimum atomic E-state index is 0.350. The van der Waals surface area contributed by atoms with Crippen molar-refractivity contribution in [2.75, 3.05) is 14.2 Å². The van der Waals surface area contributed by atoms with Gasteiger partial charge in [0.2, 0.25) is 0 Å². The normalized spacial score (nSPS) is 9.50. The molecule has 0 heterocycles. The first kappa shape index (κ1) is 10.6. The molecule has 0 amide bonds. The Balaban J connectivity index is 3.08. The van der Waals surface area contributed by atoms with E-state index in [1.54, 1.807) is 14.2 Å². The Hall–Kier alpha value is -1.53. The zero-order valence-electron chi connectivity index (χ0n) is 8.41. The SMILES string of the molecule is COCc1cccc(OC)c1CC#N. The van der Waals surface area contributed by atoms with E-state index in [1.807, 2.05) is 18.2 Å². The molecule has 0 fully saturated rings. The third-order valence-corrected chi connectivity index (χ3v) is 2.01. The molecular weight excluding hydrogens is 178 g/mol. The van der Waals surface area contributed by atoms with Crippen LogP contribution in [-0.4, -0.2) is 14.2 Å². The molecule has 0 spiro atoms. The van der Waals surface area contributed by atoms with Crippen molar-refractivity contribution in [3.8, 4) is 11.8 Å². The topological polar surface area (TPSA) is 42.2 Å². The van der Waals surface area contributed by atoms with Crippen LogP contribution in [0.5, 0.6) is 5.75 Å². The van der Waals surface area contributed by atoms with Gasteiger partial charge in [0, 0.05) is 12.7 Å². The number of nitrogens with zero attached hydrogens (tertiary/aromatic N) is 1. The number of nitriles is 1. The summed E-state index contributed by atoms with van der Waals surface area (Å²) in [5, 5.41) is 8.69. The Labute approximate surface area is 83.9 Å². The van der Waals surface area contributed by atoms with Gasteiger partial charge in [-0.3, -0.25) is 0 Å². The molecule has 0 unspecified atom stereocenters. The van der Waals surface area contributed by atoms with E-state index in [0.717, 1.165) is 16.9 Å². The Morgan fingerprint density at radius 3 is 2.71 bits per heavy atom. The summed E-state index contributed by atoms with van der Waals surface area (Å²) in [6, 6.07) is 7.82. The van der Waals surface area contributed by atoms with Gasteiger partial charge >= 0.3 is 0 Å². The molecule has 0 aliphatic rings. The molecule has 0 saturated carbocycles. The van der Waals surface area contributed by atoms with Crippen LogP contribution in [0.15, 0.2) is 18.2 Å². The summed E-state index contributed by atoms with van der Waals surface area (Å²) < 4.78 is 10.2. The molecule has 0 radical (unpaired) electrons. The van der Waals surface area contributed by atoms with Crippen molar-refractivity contribution >= 4 is 0 Å². The highest BCUT2D eigenvalue weighted by Gasteiger charge is 2.07. The largest absolute Gasteiger partial charge is 0.496 e. The van der Waals surface area contributed by atoms with Crippen LogP contribution in [0.25, 0.3) is 0 Å². The maximum absolute atomic E-state index is 8.69. The van der Waals surface area contributed by atoms with Gasteiger partial charge in [0.15, 0.2) is 0 Å². The van der Waals surface area contributed by atoms with Gasteiger partial charge in [-0.2, -0.15) is 5.26 Å². The van der Waals surface area contributed by atoms with Gasteiger partial charge in [-0.05, 0) is 11.6 Å². The van der Waals surface area contributed by atoms with E-state index in [-0.39, 0.29) is 0 Å². The lowest BCUT2D eigenvalue weighted by atomic mass is 10.0. The standard InChI is InChI=1S/C11H13NO2/c1-13-8-9-4-3-5-11(14-2)10(9)6-7-12/h3-5H,6,8H2,1-2H3. The molecule has 1 rings (SSSR count). The van der Waals surface area contributed by atoms with Gasteiger partial charge in [0.1, 0.15) is 5.75 Å². The lowest BCUT2D eigenvalue weighted by Crippen LogP contribution is -1.98. The predicted molar refractivity (Wildman–Crippen MR) is 53.0 cm³/mol. The molecule has 0 atom stereocenters. The maximum atomic E-state index is 8.69. The zero-order chi connectivity index (χ0) is 10.4. The van der Waals surface area contributed by atoms with E-state index in [1.165, 1.54) is 0 Å². The molecule has 3 heteroatoms. The molecule has 14 heavy (non-hydrogen) atoms. The van der Waals surface area contributed by atoms with E-state index in [9.17, 15) is 0 Å². The molecule has 0 bridgehead atoms. The molecule has 0 saturated heterocycles. The summed E-state index contributed by atoms with van der Waals surface area (Å²) in [6.07, 6.45) is 0.350. The van der Waals surface area contributed by atoms with E-state index < -0.39 is 0 Å².